The summed E-state index contributed by atoms with van der Waals surface area (Å²) in [5, 5.41) is 2.48. The van der Waals surface area contributed by atoms with Gasteiger partial charge in [0.25, 0.3) is 11.5 Å². The number of carbonyl (C=O) groups excluding carboxylic acids is 3. The largest absolute Gasteiger partial charge is 0.450 e. The lowest BCUT2D eigenvalue weighted by Crippen LogP contribution is -2.51. The summed E-state index contributed by atoms with van der Waals surface area (Å²) in [5.74, 6) is -1.54. The molecule has 3 rings (SSSR count). The molecule has 0 spiro atoms. The topological polar surface area (TPSA) is 151 Å². The third kappa shape index (κ3) is 6.22. The van der Waals surface area contributed by atoms with Crippen molar-refractivity contribution in [1.82, 2.24) is 19.8 Å². The summed E-state index contributed by atoms with van der Waals surface area (Å²) in [5.41, 5.74) is 5.04. The zero-order valence-corrected chi connectivity index (χ0v) is 18.6. The molecule has 0 unspecified atom stereocenters. The van der Waals surface area contributed by atoms with Crippen LogP contribution in [0.4, 0.5) is 20.7 Å². The molecule has 33 heavy (non-hydrogen) atoms. The number of nitrogens with one attached hydrogen (secondary N) is 2. The highest BCUT2D eigenvalue weighted by atomic mass is 32.2. The number of aromatic nitrogens is 2. The number of halogens is 1. The lowest BCUT2D eigenvalue weighted by molar-refractivity contribution is -0.129. The van der Waals surface area contributed by atoms with Crippen LogP contribution in [0, 0.1) is 5.82 Å². The summed E-state index contributed by atoms with van der Waals surface area (Å²) in [6, 6.07) is 4.78. The predicted molar refractivity (Wildman–Crippen MR) is 120 cm³/mol. The number of thioether (sulfide) groups is 1. The van der Waals surface area contributed by atoms with E-state index in [1.807, 2.05) is 0 Å². The smallest absolute Gasteiger partial charge is 0.409 e. The van der Waals surface area contributed by atoms with Crippen molar-refractivity contribution < 1.29 is 23.5 Å². The van der Waals surface area contributed by atoms with Crippen LogP contribution in [0.5, 0.6) is 0 Å². The van der Waals surface area contributed by atoms with E-state index in [-0.39, 0.29) is 40.5 Å². The third-order valence-electron chi connectivity index (χ3n) is 4.76. The van der Waals surface area contributed by atoms with E-state index in [0.717, 1.165) is 23.9 Å². The number of amides is 3. The van der Waals surface area contributed by atoms with Gasteiger partial charge in [0, 0.05) is 31.7 Å². The van der Waals surface area contributed by atoms with Crippen LogP contribution in [0.25, 0.3) is 0 Å². The molecule has 4 N–H and O–H groups in total. The molecule has 1 saturated heterocycles. The Hall–Kier alpha value is -3.61. The number of H-pyrrole nitrogens is 1. The van der Waals surface area contributed by atoms with E-state index in [2.05, 4.69) is 15.3 Å². The molecular formula is C20H23FN6O5S. The molecule has 2 heterocycles. The van der Waals surface area contributed by atoms with Crippen molar-refractivity contribution in [2.24, 2.45) is 0 Å². The van der Waals surface area contributed by atoms with Crippen LogP contribution >= 0.6 is 11.8 Å². The van der Waals surface area contributed by atoms with Gasteiger partial charge in [-0.1, -0.05) is 11.8 Å². The number of piperazine rings is 1. The number of nitrogens with two attached hydrogens (primary N) is 1. The van der Waals surface area contributed by atoms with E-state index in [1.54, 1.807) is 16.7 Å². The van der Waals surface area contributed by atoms with Crippen LogP contribution in [-0.4, -0.2) is 76.2 Å². The van der Waals surface area contributed by atoms with Crippen LogP contribution in [0.15, 0.2) is 34.2 Å². The Morgan fingerprint density at radius 2 is 1.82 bits per heavy atom. The zero-order valence-electron chi connectivity index (χ0n) is 17.8. The van der Waals surface area contributed by atoms with Crippen molar-refractivity contribution >= 4 is 41.2 Å². The molecule has 2 aromatic rings. The molecule has 1 aliphatic heterocycles. The number of aromatic amines is 1. The second kappa shape index (κ2) is 10.8. The molecule has 1 fully saturated rings. The van der Waals surface area contributed by atoms with Gasteiger partial charge in [0.2, 0.25) is 5.91 Å². The molecule has 3 amide bonds. The number of hydrogen-bond donors (Lipinski definition) is 3. The molecule has 0 aliphatic carbocycles. The minimum atomic E-state index is -0.684. The molecule has 0 atom stereocenters. The van der Waals surface area contributed by atoms with Crippen LogP contribution in [0.1, 0.15) is 17.3 Å². The minimum absolute atomic E-state index is 0.00305. The van der Waals surface area contributed by atoms with Gasteiger partial charge < -0.3 is 25.6 Å². The van der Waals surface area contributed by atoms with Gasteiger partial charge in [-0.05, 0) is 31.2 Å². The second-order valence-electron chi connectivity index (χ2n) is 6.95. The lowest BCUT2D eigenvalue weighted by atomic mass is 10.2. The van der Waals surface area contributed by atoms with Gasteiger partial charge in [-0.2, -0.15) is 0 Å². The van der Waals surface area contributed by atoms with E-state index in [1.165, 1.54) is 12.1 Å². The Kier molecular flexibility index (Phi) is 7.87. The number of carbonyl (C=O) groups is 3. The number of nitrogens with zero attached hydrogens (tertiary/aromatic N) is 3. The van der Waals surface area contributed by atoms with Crippen molar-refractivity contribution in [1.29, 1.82) is 0 Å². The molecule has 11 nitrogen and oxygen atoms in total. The maximum absolute atomic E-state index is 13.0. The first-order chi connectivity index (χ1) is 15.8. The maximum Gasteiger partial charge on any atom is 0.409 e. The summed E-state index contributed by atoms with van der Waals surface area (Å²) in [6.45, 7) is 3.51. The van der Waals surface area contributed by atoms with Crippen LogP contribution < -0.4 is 16.6 Å². The molecule has 176 valence electrons. The number of hydrogen-bond acceptors (Lipinski definition) is 8. The van der Waals surface area contributed by atoms with E-state index < -0.39 is 23.4 Å². The van der Waals surface area contributed by atoms with Crippen molar-refractivity contribution in [3.63, 3.8) is 0 Å². The normalized spacial score (nSPS) is 13.5. The van der Waals surface area contributed by atoms with Gasteiger partial charge in [-0.3, -0.25) is 19.4 Å². The van der Waals surface area contributed by atoms with Crippen molar-refractivity contribution in [2.45, 2.75) is 12.1 Å². The monoisotopic (exact) mass is 478 g/mol. The Bertz CT molecular complexity index is 1090. The second-order valence-corrected chi connectivity index (χ2v) is 7.91. The average Bonchev–Trinajstić information content (AvgIpc) is 2.80. The van der Waals surface area contributed by atoms with Gasteiger partial charge in [-0.25, -0.2) is 14.2 Å². The van der Waals surface area contributed by atoms with Gasteiger partial charge in [-0.15, -0.1) is 0 Å². The van der Waals surface area contributed by atoms with E-state index in [4.69, 9.17) is 10.5 Å². The minimum Gasteiger partial charge on any atom is -0.450 e. The highest BCUT2D eigenvalue weighted by molar-refractivity contribution is 7.99. The lowest BCUT2D eigenvalue weighted by Gasteiger charge is -2.34. The summed E-state index contributed by atoms with van der Waals surface area (Å²) >= 11 is 0.994. The summed E-state index contributed by atoms with van der Waals surface area (Å²) in [4.78, 5) is 58.5. The molecule has 1 aromatic carbocycles. The van der Waals surface area contributed by atoms with Gasteiger partial charge in [0.05, 0.1) is 12.4 Å². The Labute approximate surface area is 192 Å². The predicted octanol–water partition coefficient (Wildman–Crippen LogP) is 1.14. The number of benzene rings is 1. The number of nitrogen functional groups attached to an aromatic ring is 1. The average molecular weight is 479 g/mol. The van der Waals surface area contributed by atoms with Crippen molar-refractivity contribution in [3.8, 4) is 0 Å². The quantitative estimate of drug-likeness (QED) is 0.413. The fraction of sp³-hybridized carbons (Fsp3) is 0.350. The fourth-order valence-corrected chi connectivity index (χ4v) is 3.79. The SMILES string of the molecule is CCOC(=O)N1CCN(C(=O)CSc2nc(N)c(NC(=O)c3ccc(F)cc3)c(=O)[nH]2)CC1. The first-order valence-electron chi connectivity index (χ1n) is 10.1. The fourth-order valence-electron chi connectivity index (χ4n) is 3.02. The Balaban J connectivity index is 1.55. The maximum atomic E-state index is 13.0. The van der Waals surface area contributed by atoms with Gasteiger partial charge in [0.15, 0.2) is 11.0 Å². The Morgan fingerprint density at radius 3 is 2.42 bits per heavy atom. The first kappa shape index (κ1) is 24.0. The molecule has 0 radical (unpaired) electrons. The molecule has 0 bridgehead atoms. The summed E-state index contributed by atoms with van der Waals surface area (Å²) in [7, 11) is 0. The van der Waals surface area contributed by atoms with E-state index in [0.29, 0.717) is 26.2 Å². The summed E-state index contributed by atoms with van der Waals surface area (Å²) < 4.78 is 18.0. The zero-order chi connectivity index (χ0) is 24.0. The van der Waals surface area contributed by atoms with E-state index >= 15 is 0 Å². The molecule has 1 aromatic heterocycles. The Morgan fingerprint density at radius 1 is 1.18 bits per heavy atom. The van der Waals surface area contributed by atoms with Gasteiger partial charge >= 0.3 is 6.09 Å². The highest BCUT2D eigenvalue weighted by Gasteiger charge is 2.25. The van der Waals surface area contributed by atoms with Crippen molar-refractivity contribution in [3.05, 3.63) is 46.0 Å². The van der Waals surface area contributed by atoms with Crippen LogP contribution in [0.3, 0.4) is 0 Å². The molecular weight excluding hydrogens is 455 g/mol. The standard InChI is InChI=1S/C20H23FN6O5S/c1-2-32-20(31)27-9-7-26(8-10-27)14(28)11-33-19-24-16(22)15(18(30)25-19)23-17(29)12-3-5-13(21)6-4-12/h3-6H,2,7-11H2,1H3,(H,23,29)(H3,22,24,25,30). The molecule has 1 aliphatic rings. The first-order valence-corrected chi connectivity index (χ1v) is 11.1. The van der Waals surface area contributed by atoms with Crippen molar-refractivity contribution in [2.75, 3.05) is 49.6 Å². The van der Waals surface area contributed by atoms with Gasteiger partial charge in [0.1, 0.15) is 11.5 Å². The molecule has 13 heteroatoms. The van der Waals surface area contributed by atoms with Crippen LogP contribution in [-0.2, 0) is 9.53 Å². The third-order valence-corrected chi connectivity index (χ3v) is 5.62. The molecule has 0 saturated carbocycles. The van der Waals surface area contributed by atoms with E-state index in [9.17, 15) is 23.6 Å². The van der Waals surface area contributed by atoms with Crippen LogP contribution in [0.2, 0.25) is 0 Å². The highest BCUT2D eigenvalue weighted by Crippen LogP contribution is 2.18. The number of ether oxygens (including phenoxy) is 1. The number of rotatable bonds is 6. The summed E-state index contributed by atoms with van der Waals surface area (Å²) in [6.07, 6.45) is -0.400. The number of anilines is 2.